The van der Waals surface area contributed by atoms with Crippen LogP contribution in [-0.2, 0) is 0 Å². The maximum Gasteiger partial charge on any atom is 0.233 e. The molecule has 3 aromatic carbocycles. The van der Waals surface area contributed by atoms with Gasteiger partial charge in [0.2, 0.25) is 5.62 Å². The highest BCUT2D eigenvalue weighted by molar-refractivity contribution is 7.72. The van der Waals surface area contributed by atoms with Crippen LogP contribution in [0.5, 0.6) is 0 Å². The van der Waals surface area contributed by atoms with Crippen LogP contribution < -0.4 is 11.4 Å². The topological polar surface area (TPSA) is 69.3 Å². The zero-order valence-corrected chi connectivity index (χ0v) is 23.8. The van der Waals surface area contributed by atoms with Gasteiger partial charge in [0.15, 0.2) is 10.4 Å². The van der Waals surface area contributed by atoms with Crippen LogP contribution in [0.1, 0.15) is 19.3 Å². The molecule has 0 aliphatic carbocycles. The molecule has 0 atom stereocenters. The number of benzene rings is 3. The van der Waals surface area contributed by atoms with Gasteiger partial charge >= 0.3 is 0 Å². The quantitative estimate of drug-likeness (QED) is 0.255. The van der Waals surface area contributed by atoms with E-state index < -0.39 is 0 Å². The number of piperidine rings is 1. The summed E-state index contributed by atoms with van der Waals surface area (Å²) in [7, 11) is 0. The smallest absolute Gasteiger partial charge is 0.233 e. The summed E-state index contributed by atoms with van der Waals surface area (Å²) in [5.41, 5.74) is 10.8. The van der Waals surface area contributed by atoms with Crippen molar-refractivity contribution in [3.63, 3.8) is 0 Å². The monoisotopic (exact) mass is 565 g/mol. The van der Waals surface area contributed by atoms with E-state index in [9.17, 15) is 0 Å². The molecule has 9 heteroatoms. The lowest BCUT2D eigenvalue weighted by molar-refractivity contribution is 0.234. The third-order valence-corrected chi connectivity index (χ3v) is 8.05. The summed E-state index contributed by atoms with van der Waals surface area (Å²) in [6.07, 6.45) is 3.79. The third kappa shape index (κ3) is 5.03. The summed E-state index contributed by atoms with van der Waals surface area (Å²) >= 11 is 12.2. The molecule has 202 valence electrons. The van der Waals surface area contributed by atoms with Crippen LogP contribution in [-0.4, -0.2) is 49.8 Å². The van der Waals surface area contributed by atoms with Gasteiger partial charge in [0.05, 0.1) is 17.6 Å². The highest BCUT2D eigenvalue weighted by atomic mass is 32.1. The van der Waals surface area contributed by atoms with Crippen LogP contribution in [0.2, 0.25) is 0 Å². The van der Waals surface area contributed by atoms with Crippen molar-refractivity contribution < 1.29 is 0 Å². The first kappa shape index (κ1) is 26.3. The Morgan fingerprint density at radius 1 is 0.700 bits per heavy atom. The number of nitrogens with zero attached hydrogens (tertiary/aromatic N) is 6. The number of rotatable bonds is 6. The van der Waals surface area contributed by atoms with Gasteiger partial charge in [-0.1, -0.05) is 73.2 Å². The van der Waals surface area contributed by atoms with E-state index in [1.807, 2.05) is 105 Å². The van der Waals surface area contributed by atoms with E-state index in [1.165, 1.54) is 19.3 Å². The zero-order valence-electron chi connectivity index (χ0n) is 22.2. The van der Waals surface area contributed by atoms with Crippen LogP contribution in [0.4, 0.5) is 5.82 Å². The standard InChI is InChI=1S/C31H31N7S2/c32-27-26-28(34-30(36(27)23-13-5-1-6-14-23)33-19-22-35-20-11-4-12-21-35)37(24-15-7-2-8-16-24)31(40)38(29(26)39)25-17-9-3-10-18-25/h1-3,5-10,13-18H,4,11-12,19-22,32H2. The van der Waals surface area contributed by atoms with Gasteiger partial charge in [-0.25, -0.2) is 4.99 Å². The molecule has 1 aliphatic rings. The normalized spacial score (nSPS) is 14.6. The maximum absolute atomic E-state index is 7.04. The van der Waals surface area contributed by atoms with Crippen LogP contribution >= 0.6 is 24.4 Å². The largest absolute Gasteiger partial charge is 0.384 e. The summed E-state index contributed by atoms with van der Waals surface area (Å²) < 4.78 is 6.76. The molecule has 0 saturated carbocycles. The average molecular weight is 566 g/mol. The van der Waals surface area contributed by atoms with E-state index in [1.54, 1.807) is 0 Å². The van der Waals surface area contributed by atoms with Crippen molar-refractivity contribution in [3.05, 3.63) is 106 Å². The van der Waals surface area contributed by atoms with Gasteiger partial charge in [-0.05, 0) is 74.5 Å². The summed E-state index contributed by atoms with van der Waals surface area (Å²) in [6, 6.07) is 29.8. The Kier molecular flexibility index (Phi) is 7.68. The minimum absolute atomic E-state index is 0.474. The van der Waals surface area contributed by atoms with Gasteiger partial charge in [0.25, 0.3) is 0 Å². The molecule has 5 aromatic rings. The number of anilines is 1. The highest BCUT2D eigenvalue weighted by Crippen LogP contribution is 2.27. The number of para-hydroxylation sites is 3. The molecular formula is C31H31N7S2. The fraction of sp³-hybridized carbons (Fsp3) is 0.226. The minimum Gasteiger partial charge on any atom is -0.384 e. The lowest BCUT2D eigenvalue weighted by Crippen LogP contribution is -2.33. The number of likely N-dealkylation sites (tertiary alicyclic amines) is 1. The van der Waals surface area contributed by atoms with Gasteiger partial charge < -0.3 is 10.6 Å². The molecule has 7 nitrogen and oxygen atoms in total. The molecule has 6 rings (SSSR count). The Morgan fingerprint density at radius 3 is 1.80 bits per heavy atom. The molecular weight excluding hydrogens is 535 g/mol. The number of hydrogen-bond acceptors (Lipinski definition) is 6. The van der Waals surface area contributed by atoms with Gasteiger partial charge in [-0.2, -0.15) is 4.98 Å². The Labute approximate surface area is 243 Å². The van der Waals surface area contributed by atoms with E-state index in [0.29, 0.717) is 38.4 Å². The molecule has 3 heterocycles. The zero-order chi connectivity index (χ0) is 27.5. The molecule has 0 unspecified atom stereocenters. The second kappa shape index (κ2) is 11.7. The van der Waals surface area contributed by atoms with Crippen LogP contribution in [0.3, 0.4) is 0 Å². The van der Waals surface area contributed by atoms with Crippen LogP contribution in [0, 0.1) is 9.41 Å². The molecule has 2 aromatic heterocycles. The average Bonchev–Trinajstić information content (AvgIpc) is 2.99. The van der Waals surface area contributed by atoms with E-state index in [0.717, 1.165) is 36.7 Å². The van der Waals surface area contributed by atoms with Crippen molar-refractivity contribution in [2.24, 2.45) is 4.99 Å². The molecule has 40 heavy (non-hydrogen) atoms. The fourth-order valence-corrected chi connectivity index (χ4v) is 6.15. The summed E-state index contributed by atoms with van der Waals surface area (Å²) in [6.45, 7) is 3.74. The Balaban J connectivity index is 1.67. The van der Waals surface area contributed by atoms with E-state index >= 15 is 0 Å². The van der Waals surface area contributed by atoms with Gasteiger partial charge in [-0.15, -0.1) is 0 Å². The number of fused-ring (bicyclic) bond motifs is 1. The van der Waals surface area contributed by atoms with Gasteiger partial charge in [0.1, 0.15) is 10.5 Å². The highest BCUT2D eigenvalue weighted by Gasteiger charge is 2.19. The van der Waals surface area contributed by atoms with Crippen molar-refractivity contribution >= 4 is 41.3 Å². The second-order valence-corrected chi connectivity index (χ2v) is 10.6. The van der Waals surface area contributed by atoms with E-state index in [4.69, 9.17) is 40.1 Å². The predicted octanol–water partition coefficient (Wildman–Crippen LogP) is 6.03. The maximum atomic E-state index is 7.04. The van der Waals surface area contributed by atoms with Crippen molar-refractivity contribution in [2.75, 3.05) is 31.9 Å². The summed E-state index contributed by atoms with van der Waals surface area (Å²) in [4.78, 5) is 12.6. The molecule has 0 radical (unpaired) electrons. The molecule has 1 aliphatic heterocycles. The molecule has 0 amide bonds. The predicted molar refractivity (Wildman–Crippen MR) is 167 cm³/mol. The number of nitrogens with two attached hydrogens (primary N) is 1. The van der Waals surface area contributed by atoms with Crippen LogP contribution in [0.25, 0.3) is 28.1 Å². The SMILES string of the molecule is Nc1c2c(=S)n(-c3ccccc3)c(=S)n(-c3ccccc3)c2nc(=NCCN2CCCCC2)n1-c1ccccc1. The third-order valence-electron chi connectivity index (χ3n) is 7.30. The van der Waals surface area contributed by atoms with E-state index in [2.05, 4.69) is 4.90 Å². The van der Waals surface area contributed by atoms with Crippen molar-refractivity contribution in [1.29, 1.82) is 0 Å². The second-order valence-electron chi connectivity index (χ2n) is 9.88. The molecule has 2 N–H and O–H groups in total. The minimum atomic E-state index is 0.474. The Hall–Kier alpha value is -3.92. The van der Waals surface area contributed by atoms with Crippen molar-refractivity contribution in [3.8, 4) is 17.1 Å². The lowest BCUT2D eigenvalue weighted by Gasteiger charge is -2.25. The Morgan fingerprint density at radius 2 is 1.23 bits per heavy atom. The van der Waals surface area contributed by atoms with Gasteiger partial charge in [0, 0.05) is 17.9 Å². The molecule has 0 spiro atoms. The number of nitrogen functional groups attached to an aromatic ring is 1. The number of aromatic nitrogens is 4. The summed E-state index contributed by atoms with van der Waals surface area (Å²) in [5.74, 6) is 0.474. The molecule has 1 fully saturated rings. The van der Waals surface area contributed by atoms with Crippen molar-refractivity contribution in [2.45, 2.75) is 19.3 Å². The first-order valence-electron chi connectivity index (χ1n) is 13.6. The van der Waals surface area contributed by atoms with Gasteiger partial charge in [-0.3, -0.25) is 13.7 Å². The molecule has 0 bridgehead atoms. The molecule has 1 saturated heterocycles. The fourth-order valence-electron chi connectivity index (χ4n) is 5.32. The van der Waals surface area contributed by atoms with E-state index in [-0.39, 0.29) is 0 Å². The number of hydrogen-bond donors (Lipinski definition) is 1. The lowest BCUT2D eigenvalue weighted by atomic mass is 10.1. The van der Waals surface area contributed by atoms with Crippen molar-refractivity contribution in [1.82, 2.24) is 23.6 Å². The van der Waals surface area contributed by atoms with Crippen LogP contribution in [0.15, 0.2) is 96.0 Å². The summed E-state index contributed by atoms with van der Waals surface area (Å²) in [5, 5.41) is 0.648. The first-order valence-corrected chi connectivity index (χ1v) is 14.4. The first-order chi connectivity index (χ1) is 19.6. The Bertz CT molecular complexity index is 1820.